The Hall–Kier alpha value is -3.34. The maximum atomic E-state index is 12.8. The second-order valence-electron chi connectivity index (χ2n) is 9.82. The number of ether oxygens (including phenoxy) is 3. The van der Waals surface area contributed by atoms with Crippen LogP contribution in [-0.2, 0) is 26.1 Å². The Balaban J connectivity index is 1.37. The van der Waals surface area contributed by atoms with E-state index >= 15 is 0 Å². The summed E-state index contributed by atoms with van der Waals surface area (Å²) in [6.07, 6.45) is -1.06. The molecule has 5 rings (SSSR count). The van der Waals surface area contributed by atoms with Gasteiger partial charge in [-0.05, 0) is 47.5 Å². The molecule has 41 heavy (non-hydrogen) atoms. The molecule has 0 aliphatic carbocycles. The van der Waals surface area contributed by atoms with Crippen molar-refractivity contribution in [2.45, 2.75) is 41.8 Å². The lowest BCUT2D eigenvalue weighted by atomic mass is 9.91. The number of rotatable bonds is 10. The number of aliphatic hydroxyl groups excluding tert-OH is 1. The first-order valence-electron chi connectivity index (χ1n) is 13.3. The van der Waals surface area contributed by atoms with Crippen molar-refractivity contribution in [1.82, 2.24) is 0 Å². The van der Waals surface area contributed by atoms with Crippen LogP contribution in [0.1, 0.15) is 36.0 Å². The average molecular weight is 592 g/mol. The van der Waals surface area contributed by atoms with Crippen LogP contribution in [0.25, 0.3) is 0 Å². The number of anilines is 1. The predicted molar refractivity (Wildman–Crippen MR) is 160 cm³/mol. The van der Waals surface area contributed by atoms with Crippen LogP contribution < -0.4 is 9.46 Å². The molecule has 0 spiro atoms. The quantitative estimate of drug-likeness (QED) is 0.201. The molecule has 0 amide bonds. The number of benzene rings is 4. The van der Waals surface area contributed by atoms with Gasteiger partial charge in [-0.15, -0.1) is 11.8 Å². The molecule has 0 saturated carbocycles. The Labute approximate surface area is 245 Å². The van der Waals surface area contributed by atoms with Crippen molar-refractivity contribution in [3.63, 3.8) is 0 Å². The lowest BCUT2D eigenvalue weighted by molar-refractivity contribution is -0.268. The summed E-state index contributed by atoms with van der Waals surface area (Å²) in [5.41, 5.74) is 3.06. The third-order valence-corrected chi connectivity index (χ3v) is 9.62. The van der Waals surface area contributed by atoms with Crippen molar-refractivity contribution in [2.75, 3.05) is 17.6 Å². The van der Waals surface area contributed by atoms with Crippen LogP contribution in [0, 0.1) is 5.92 Å². The molecular weight excluding hydrogens is 558 g/mol. The minimum Gasteiger partial charge on any atom is -0.496 e. The fraction of sp³-hybridized carbons (Fsp3) is 0.250. The summed E-state index contributed by atoms with van der Waals surface area (Å²) in [7, 11) is -2.04. The van der Waals surface area contributed by atoms with E-state index < -0.39 is 16.3 Å². The molecule has 214 valence electrons. The predicted octanol–water partition coefficient (Wildman–Crippen LogP) is 6.57. The van der Waals surface area contributed by atoms with Gasteiger partial charge >= 0.3 is 0 Å². The Morgan fingerprint density at radius 1 is 0.854 bits per heavy atom. The third-order valence-electron chi connectivity index (χ3n) is 7.08. The van der Waals surface area contributed by atoms with Gasteiger partial charge in [0.2, 0.25) is 0 Å². The van der Waals surface area contributed by atoms with E-state index in [2.05, 4.69) is 11.6 Å². The topological polar surface area (TPSA) is 94.1 Å². The molecule has 1 fully saturated rings. The monoisotopic (exact) mass is 591 g/mol. The van der Waals surface area contributed by atoms with E-state index in [-0.39, 0.29) is 29.6 Å². The number of sulfonamides is 1. The van der Waals surface area contributed by atoms with Crippen molar-refractivity contribution in [1.29, 1.82) is 0 Å². The molecule has 1 heterocycles. The van der Waals surface area contributed by atoms with Gasteiger partial charge in [0, 0.05) is 27.8 Å². The number of aliphatic hydroxyl groups is 1. The van der Waals surface area contributed by atoms with E-state index in [1.807, 2.05) is 60.7 Å². The maximum absolute atomic E-state index is 12.8. The summed E-state index contributed by atoms with van der Waals surface area (Å²) in [6.45, 7) is 2.10. The summed E-state index contributed by atoms with van der Waals surface area (Å²) in [5.74, 6) is 1.53. The highest BCUT2D eigenvalue weighted by molar-refractivity contribution is 7.99. The third kappa shape index (κ3) is 6.94. The Morgan fingerprint density at radius 2 is 1.51 bits per heavy atom. The zero-order chi connectivity index (χ0) is 28.8. The Kier molecular flexibility index (Phi) is 9.32. The van der Waals surface area contributed by atoms with Gasteiger partial charge in [0.1, 0.15) is 5.75 Å². The van der Waals surface area contributed by atoms with Gasteiger partial charge in [0.05, 0.1) is 30.8 Å². The normalized spacial score (nSPS) is 20.9. The van der Waals surface area contributed by atoms with Gasteiger partial charge in [-0.3, -0.25) is 4.72 Å². The zero-order valence-electron chi connectivity index (χ0n) is 22.8. The summed E-state index contributed by atoms with van der Waals surface area (Å²) in [5, 5.41) is 9.50. The molecule has 1 aliphatic heterocycles. The van der Waals surface area contributed by atoms with Gasteiger partial charge in [0.15, 0.2) is 6.29 Å². The second kappa shape index (κ2) is 13.1. The molecule has 0 aromatic heterocycles. The van der Waals surface area contributed by atoms with E-state index in [4.69, 9.17) is 14.2 Å². The minimum atomic E-state index is -3.70. The van der Waals surface area contributed by atoms with E-state index in [0.29, 0.717) is 11.4 Å². The smallest absolute Gasteiger partial charge is 0.261 e. The van der Waals surface area contributed by atoms with E-state index in [0.717, 1.165) is 27.3 Å². The highest BCUT2D eigenvalue weighted by Crippen LogP contribution is 2.43. The minimum absolute atomic E-state index is 0.0222. The SMILES string of the molecule is COc1ccccc1SCC1OC(c2ccc(NS(=O)(=O)c3ccccc3)cc2)OC(c2ccc(CO)cc2)C1C. The summed E-state index contributed by atoms with van der Waals surface area (Å²) in [6, 6.07) is 31.0. The van der Waals surface area contributed by atoms with Crippen molar-refractivity contribution in [3.8, 4) is 5.75 Å². The Morgan fingerprint density at radius 3 is 2.20 bits per heavy atom. The molecule has 0 bridgehead atoms. The average Bonchev–Trinajstić information content (AvgIpc) is 3.01. The standard InChI is InChI=1S/C32H33NO6S2/c1-22-29(21-40-30-11-7-6-10-28(30)37-2)38-32(39-31(22)24-14-12-23(20-34)13-15-24)25-16-18-26(19-17-25)33-41(35,36)27-8-4-3-5-9-27/h3-19,22,29,31-34H,20-21H2,1-2H3. The van der Waals surface area contributed by atoms with Gasteiger partial charge in [0.25, 0.3) is 10.0 Å². The first kappa shape index (κ1) is 29.2. The molecule has 1 aliphatic rings. The van der Waals surface area contributed by atoms with E-state index in [1.54, 1.807) is 61.3 Å². The van der Waals surface area contributed by atoms with Gasteiger partial charge in [-0.2, -0.15) is 0 Å². The molecule has 4 aromatic rings. The van der Waals surface area contributed by atoms with E-state index in [1.165, 1.54) is 0 Å². The van der Waals surface area contributed by atoms with Crippen molar-refractivity contribution < 1.29 is 27.7 Å². The Bertz CT molecular complexity index is 1530. The number of thioether (sulfide) groups is 1. The lowest BCUT2D eigenvalue weighted by Crippen LogP contribution is -2.38. The first-order valence-corrected chi connectivity index (χ1v) is 15.8. The van der Waals surface area contributed by atoms with Crippen LogP contribution in [0.4, 0.5) is 5.69 Å². The summed E-state index contributed by atoms with van der Waals surface area (Å²) in [4.78, 5) is 1.23. The maximum Gasteiger partial charge on any atom is 0.261 e. The van der Waals surface area contributed by atoms with Crippen LogP contribution in [0.5, 0.6) is 5.75 Å². The number of hydrogen-bond donors (Lipinski definition) is 2. The van der Waals surface area contributed by atoms with Crippen LogP contribution in [0.15, 0.2) is 113 Å². The van der Waals surface area contributed by atoms with Crippen LogP contribution in [-0.4, -0.2) is 32.5 Å². The molecule has 4 aromatic carbocycles. The highest BCUT2D eigenvalue weighted by atomic mass is 32.2. The van der Waals surface area contributed by atoms with Crippen LogP contribution >= 0.6 is 11.8 Å². The fourth-order valence-corrected chi connectivity index (χ4v) is 7.02. The number of para-hydroxylation sites is 1. The van der Waals surface area contributed by atoms with Crippen molar-refractivity contribution in [3.05, 3.63) is 120 Å². The van der Waals surface area contributed by atoms with Gasteiger partial charge in [-0.25, -0.2) is 8.42 Å². The fourth-order valence-electron chi connectivity index (χ4n) is 4.74. The number of methoxy groups -OCH3 is 1. The molecule has 4 atom stereocenters. The largest absolute Gasteiger partial charge is 0.496 e. The number of nitrogens with one attached hydrogen (secondary N) is 1. The highest BCUT2D eigenvalue weighted by Gasteiger charge is 2.38. The first-order chi connectivity index (χ1) is 19.9. The molecular formula is C32H33NO6S2. The molecule has 4 unspecified atom stereocenters. The molecule has 9 heteroatoms. The van der Waals surface area contributed by atoms with Gasteiger partial charge < -0.3 is 19.3 Å². The number of hydrogen-bond acceptors (Lipinski definition) is 7. The van der Waals surface area contributed by atoms with Crippen molar-refractivity contribution >= 4 is 27.5 Å². The summed E-state index contributed by atoms with van der Waals surface area (Å²) < 4.78 is 46.7. The molecule has 7 nitrogen and oxygen atoms in total. The zero-order valence-corrected chi connectivity index (χ0v) is 24.5. The molecule has 0 radical (unpaired) electrons. The summed E-state index contributed by atoms with van der Waals surface area (Å²) >= 11 is 1.67. The van der Waals surface area contributed by atoms with E-state index in [9.17, 15) is 13.5 Å². The lowest BCUT2D eigenvalue weighted by Gasteiger charge is -2.41. The molecule has 1 saturated heterocycles. The van der Waals surface area contributed by atoms with Crippen molar-refractivity contribution in [2.24, 2.45) is 5.92 Å². The molecule has 2 N–H and O–H groups in total. The van der Waals surface area contributed by atoms with Crippen LogP contribution in [0.2, 0.25) is 0 Å². The second-order valence-corrected chi connectivity index (χ2v) is 12.6. The van der Waals surface area contributed by atoms with Gasteiger partial charge in [-0.1, -0.05) is 73.7 Å². The van der Waals surface area contributed by atoms with Crippen LogP contribution in [0.3, 0.4) is 0 Å².